The Kier molecular flexibility index (Phi) is 5.56. The van der Waals surface area contributed by atoms with Gasteiger partial charge in [-0.1, -0.05) is 66.2 Å². The molecule has 0 heterocycles. The van der Waals surface area contributed by atoms with Crippen molar-refractivity contribution in [2.24, 2.45) is 0 Å². The molecule has 140 valence electrons. The van der Waals surface area contributed by atoms with Gasteiger partial charge in [-0.3, -0.25) is 0 Å². The fourth-order valence-corrected chi connectivity index (χ4v) is 3.92. The van der Waals surface area contributed by atoms with E-state index in [0.717, 1.165) is 37.7 Å². The van der Waals surface area contributed by atoms with Crippen molar-refractivity contribution in [2.75, 3.05) is 0 Å². The second-order valence-electron chi connectivity index (χ2n) is 6.61. The van der Waals surface area contributed by atoms with E-state index < -0.39 is 0 Å². The summed E-state index contributed by atoms with van der Waals surface area (Å²) in [5.74, 6) is 0.992. The zero-order valence-corrected chi connectivity index (χ0v) is 17.4. The number of hydrogen-bond donors (Lipinski definition) is 1. The highest BCUT2D eigenvalue weighted by atomic mass is 79.9. The zero-order valence-electron chi connectivity index (χ0n) is 15.0. The molecular formula is C24H18BrClO2. The third-order valence-corrected chi connectivity index (χ3v) is 5.71. The summed E-state index contributed by atoms with van der Waals surface area (Å²) in [6, 6.07) is 25.4. The summed E-state index contributed by atoms with van der Waals surface area (Å²) in [7, 11) is 0. The molecule has 0 aliphatic rings. The standard InChI is InChI=1S/C24H18BrClO2/c25-21-13-17-10-11-23(27)20(12-18-8-4-5-9-22(18)26)19(17)14-24(21)28-15-16-6-2-1-3-7-16/h1-11,13-14,27H,12,15H2. The van der Waals surface area contributed by atoms with Crippen molar-refractivity contribution in [3.8, 4) is 11.5 Å². The largest absolute Gasteiger partial charge is 0.508 e. The lowest BCUT2D eigenvalue weighted by Gasteiger charge is -2.14. The van der Waals surface area contributed by atoms with Crippen molar-refractivity contribution in [1.82, 2.24) is 0 Å². The topological polar surface area (TPSA) is 29.5 Å². The lowest BCUT2D eigenvalue weighted by atomic mass is 9.97. The first-order valence-electron chi connectivity index (χ1n) is 8.96. The van der Waals surface area contributed by atoms with Crippen molar-refractivity contribution in [2.45, 2.75) is 13.0 Å². The average Bonchev–Trinajstić information content (AvgIpc) is 2.71. The third kappa shape index (κ3) is 4.01. The number of rotatable bonds is 5. The van der Waals surface area contributed by atoms with Gasteiger partial charge in [0, 0.05) is 17.0 Å². The van der Waals surface area contributed by atoms with E-state index in [1.165, 1.54) is 0 Å². The van der Waals surface area contributed by atoms with Gasteiger partial charge in [-0.05, 0) is 62.1 Å². The number of phenolic OH excluding ortho intramolecular Hbond substituents is 1. The Morgan fingerprint density at radius 2 is 1.64 bits per heavy atom. The quantitative estimate of drug-likeness (QED) is 0.348. The van der Waals surface area contributed by atoms with Gasteiger partial charge in [0.15, 0.2) is 0 Å². The number of benzene rings is 4. The Hall–Kier alpha value is -2.49. The van der Waals surface area contributed by atoms with Gasteiger partial charge in [-0.25, -0.2) is 0 Å². The molecule has 1 N–H and O–H groups in total. The van der Waals surface area contributed by atoms with E-state index in [1.54, 1.807) is 6.07 Å². The fraction of sp³-hybridized carbons (Fsp3) is 0.0833. The van der Waals surface area contributed by atoms with Crippen molar-refractivity contribution in [3.05, 3.63) is 105 Å². The van der Waals surface area contributed by atoms with Crippen LogP contribution in [0.3, 0.4) is 0 Å². The van der Waals surface area contributed by atoms with E-state index >= 15 is 0 Å². The van der Waals surface area contributed by atoms with Crippen LogP contribution >= 0.6 is 27.5 Å². The van der Waals surface area contributed by atoms with Crippen LogP contribution in [0.25, 0.3) is 10.8 Å². The van der Waals surface area contributed by atoms with Crippen LogP contribution in [0.4, 0.5) is 0 Å². The van der Waals surface area contributed by atoms with Crippen LogP contribution in [0.1, 0.15) is 16.7 Å². The molecule has 0 saturated heterocycles. The smallest absolute Gasteiger partial charge is 0.134 e. The number of halogens is 2. The minimum absolute atomic E-state index is 0.253. The molecule has 0 aliphatic carbocycles. The van der Waals surface area contributed by atoms with Crippen molar-refractivity contribution in [3.63, 3.8) is 0 Å². The molecule has 0 spiro atoms. The predicted molar refractivity (Wildman–Crippen MR) is 118 cm³/mol. The maximum atomic E-state index is 10.5. The van der Waals surface area contributed by atoms with Crippen LogP contribution in [-0.4, -0.2) is 5.11 Å². The monoisotopic (exact) mass is 452 g/mol. The molecule has 28 heavy (non-hydrogen) atoms. The van der Waals surface area contributed by atoms with Crippen LogP contribution in [0.15, 0.2) is 83.3 Å². The minimum atomic E-state index is 0.253. The molecule has 4 aromatic rings. The molecule has 0 aromatic heterocycles. The van der Waals surface area contributed by atoms with Crippen molar-refractivity contribution in [1.29, 1.82) is 0 Å². The van der Waals surface area contributed by atoms with Gasteiger partial charge in [0.05, 0.1) is 4.47 Å². The van der Waals surface area contributed by atoms with E-state index in [1.807, 2.05) is 72.8 Å². The molecule has 0 amide bonds. The molecule has 0 aliphatic heterocycles. The summed E-state index contributed by atoms with van der Waals surface area (Å²) in [4.78, 5) is 0. The highest BCUT2D eigenvalue weighted by Gasteiger charge is 2.13. The number of ether oxygens (including phenoxy) is 1. The molecule has 0 atom stereocenters. The Morgan fingerprint density at radius 3 is 2.43 bits per heavy atom. The number of hydrogen-bond acceptors (Lipinski definition) is 2. The minimum Gasteiger partial charge on any atom is -0.508 e. The highest BCUT2D eigenvalue weighted by molar-refractivity contribution is 9.10. The van der Waals surface area contributed by atoms with E-state index in [0.29, 0.717) is 18.1 Å². The average molecular weight is 454 g/mol. The molecule has 0 radical (unpaired) electrons. The number of phenols is 1. The van der Waals surface area contributed by atoms with Crippen LogP contribution in [-0.2, 0) is 13.0 Å². The SMILES string of the molecule is Oc1ccc2cc(Br)c(OCc3ccccc3)cc2c1Cc1ccccc1Cl. The molecule has 2 nitrogen and oxygen atoms in total. The first-order chi connectivity index (χ1) is 13.6. The molecule has 4 aromatic carbocycles. The Balaban J connectivity index is 1.73. The molecule has 0 bridgehead atoms. The summed E-state index contributed by atoms with van der Waals surface area (Å²) < 4.78 is 6.93. The van der Waals surface area contributed by atoms with Gasteiger partial charge in [-0.2, -0.15) is 0 Å². The van der Waals surface area contributed by atoms with Gasteiger partial charge in [0.1, 0.15) is 18.1 Å². The summed E-state index contributed by atoms with van der Waals surface area (Å²) in [5, 5.41) is 13.2. The predicted octanol–water partition coefficient (Wildman–Crippen LogP) is 7.13. The molecule has 0 fully saturated rings. The van der Waals surface area contributed by atoms with E-state index in [4.69, 9.17) is 16.3 Å². The molecule has 4 rings (SSSR count). The van der Waals surface area contributed by atoms with Crippen LogP contribution in [0.2, 0.25) is 5.02 Å². The van der Waals surface area contributed by atoms with Gasteiger partial charge in [-0.15, -0.1) is 0 Å². The Labute approximate surface area is 177 Å². The third-order valence-electron chi connectivity index (χ3n) is 4.72. The lowest BCUT2D eigenvalue weighted by molar-refractivity contribution is 0.304. The molecule has 0 unspecified atom stereocenters. The lowest BCUT2D eigenvalue weighted by Crippen LogP contribution is -1.97. The summed E-state index contributed by atoms with van der Waals surface area (Å²) in [6.07, 6.45) is 0.544. The van der Waals surface area contributed by atoms with Crippen molar-refractivity contribution < 1.29 is 9.84 Å². The molecular weight excluding hydrogens is 436 g/mol. The van der Waals surface area contributed by atoms with E-state index in [9.17, 15) is 5.11 Å². The Bertz CT molecular complexity index is 1130. The first-order valence-corrected chi connectivity index (χ1v) is 10.1. The normalized spacial score (nSPS) is 10.9. The fourth-order valence-electron chi connectivity index (χ4n) is 3.24. The first kappa shape index (κ1) is 18.9. The van der Waals surface area contributed by atoms with Gasteiger partial charge in [0.25, 0.3) is 0 Å². The van der Waals surface area contributed by atoms with Gasteiger partial charge >= 0.3 is 0 Å². The maximum absolute atomic E-state index is 10.5. The van der Waals surface area contributed by atoms with Gasteiger partial charge < -0.3 is 9.84 Å². The summed E-state index contributed by atoms with van der Waals surface area (Å²) >= 11 is 9.94. The summed E-state index contributed by atoms with van der Waals surface area (Å²) in [6.45, 7) is 0.476. The second kappa shape index (κ2) is 8.26. The molecule has 0 saturated carbocycles. The van der Waals surface area contributed by atoms with Crippen LogP contribution in [0.5, 0.6) is 11.5 Å². The van der Waals surface area contributed by atoms with Crippen LogP contribution < -0.4 is 4.74 Å². The zero-order chi connectivity index (χ0) is 19.5. The van der Waals surface area contributed by atoms with Crippen molar-refractivity contribution >= 4 is 38.3 Å². The second-order valence-corrected chi connectivity index (χ2v) is 7.87. The highest BCUT2D eigenvalue weighted by Crippen LogP contribution is 2.37. The van der Waals surface area contributed by atoms with Crippen LogP contribution in [0, 0.1) is 0 Å². The molecule has 4 heteroatoms. The number of aromatic hydroxyl groups is 1. The number of fused-ring (bicyclic) bond motifs is 1. The van der Waals surface area contributed by atoms with Gasteiger partial charge in [0.2, 0.25) is 0 Å². The van der Waals surface area contributed by atoms with E-state index in [2.05, 4.69) is 15.9 Å². The van der Waals surface area contributed by atoms with E-state index in [-0.39, 0.29) is 5.75 Å². The Morgan fingerprint density at radius 1 is 0.893 bits per heavy atom. The summed E-state index contributed by atoms with van der Waals surface area (Å²) in [5.41, 5.74) is 2.91. The maximum Gasteiger partial charge on any atom is 0.134 e.